The molecule has 0 bridgehead atoms. The molecule has 136 valence electrons. The van der Waals surface area contributed by atoms with Crippen molar-refractivity contribution in [3.63, 3.8) is 0 Å². The van der Waals surface area contributed by atoms with E-state index >= 15 is 0 Å². The Labute approximate surface area is 150 Å². The Kier molecular flexibility index (Phi) is 8.29. The summed E-state index contributed by atoms with van der Waals surface area (Å²) in [5.41, 5.74) is 12.5. The van der Waals surface area contributed by atoms with Gasteiger partial charge in [-0.25, -0.2) is 0 Å². The van der Waals surface area contributed by atoms with E-state index in [4.69, 9.17) is 39.0 Å². The van der Waals surface area contributed by atoms with Crippen LogP contribution in [0.2, 0.25) is 0 Å². The molecule has 0 spiro atoms. The molecule has 0 saturated carbocycles. The Bertz CT molecular complexity index is 542. The Morgan fingerprint density at radius 3 is 2.21 bits per heavy atom. The van der Waals surface area contributed by atoms with Crippen LogP contribution in [0.15, 0.2) is 18.2 Å². The van der Waals surface area contributed by atoms with E-state index in [1.807, 2.05) is 0 Å². The number of para-hydroxylation sites is 1. The maximum absolute atomic E-state index is 5.96. The number of anilines is 2. The van der Waals surface area contributed by atoms with Crippen LogP contribution in [0.25, 0.3) is 0 Å². The zero-order chi connectivity index (χ0) is 17.7. The van der Waals surface area contributed by atoms with Crippen LogP contribution in [0.4, 0.5) is 11.4 Å². The van der Waals surface area contributed by atoms with E-state index in [1.54, 1.807) is 18.2 Å². The van der Waals surface area contributed by atoms with Gasteiger partial charge in [-0.1, -0.05) is 6.07 Å². The number of hydrogen-bond acceptors (Lipinski definition) is 8. The van der Waals surface area contributed by atoms with Gasteiger partial charge in [-0.05, 0) is 12.1 Å². The van der Waals surface area contributed by atoms with E-state index in [9.17, 15) is 0 Å². The average Bonchev–Trinajstić information content (AvgIpc) is 2.58. The van der Waals surface area contributed by atoms with Crippen LogP contribution >= 0.6 is 37.9 Å². The fraction of sp³-hybridized carbons (Fsp3) is 0.500. The van der Waals surface area contributed by atoms with Crippen molar-refractivity contribution in [2.45, 2.75) is 30.7 Å². The highest BCUT2D eigenvalue weighted by molar-refractivity contribution is 7.10. The molecule has 0 aliphatic carbocycles. The topological polar surface area (TPSA) is 107 Å². The molecule has 2 rings (SSSR count). The van der Waals surface area contributed by atoms with Crippen LogP contribution in [0.5, 0.6) is 5.75 Å². The van der Waals surface area contributed by atoms with E-state index in [0.717, 1.165) is 0 Å². The van der Waals surface area contributed by atoms with Gasteiger partial charge in [-0.2, -0.15) is 0 Å². The number of nitrogens with two attached hydrogens (primary N) is 2. The number of hydrogen-bond donors (Lipinski definition) is 2. The van der Waals surface area contributed by atoms with Gasteiger partial charge in [-0.3, -0.25) is 0 Å². The quantitative estimate of drug-likeness (QED) is 0.508. The van der Waals surface area contributed by atoms with Crippen molar-refractivity contribution in [2.24, 2.45) is 0 Å². The molecule has 1 saturated heterocycles. The Hall–Kier alpha value is 0.140. The lowest BCUT2D eigenvalue weighted by Gasteiger charge is -2.44. The first-order chi connectivity index (χ1) is 11.6. The maximum atomic E-state index is 5.96. The number of ether oxygens (including phenoxy) is 2. The van der Waals surface area contributed by atoms with Crippen LogP contribution in [-0.2, 0) is 22.8 Å². The zero-order valence-electron chi connectivity index (χ0n) is 12.7. The van der Waals surface area contributed by atoms with E-state index in [1.165, 1.54) is 0 Å². The SMILES string of the molecule is Nc1cccc(O[C@@H]2O[C@H](COP)C(OP)[C@H](OP)[C@H]2OP)c1N. The fourth-order valence-electron chi connectivity index (χ4n) is 2.45. The largest absolute Gasteiger partial charge is 0.460 e. The molecule has 1 aliphatic heterocycles. The van der Waals surface area contributed by atoms with Gasteiger partial charge in [-0.15, -0.1) is 0 Å². The molecule has 1 heterocycles. The lowest BCUT2D eigenvalue weighted by atomic mass is 9.99. The first-order valence-corrected chi connectivity index (χ1v) is 8.80. The average molecular weight is 414 g/mol. The summed E-state index contributed by atoms with van der Waals surface area (Å²) in [6.07, 6.45) is -2.79. The molecular formula is C12H22N2O6P4. The Balaban J connectivity index is 2.27. The lowest BCUT2D eigenvalue weighted by molar-refractivity contribution is -0.254. The lowest BCUT2D eigenvalue weighted by Crippen LogP contribution is -2.60. The van der Waals surface area contributed by atoms with Crippen molar-refractivity contribution in [1.29, 1.82) is 0 Å². The third kappa shape index (κ3) is 4.45. The van der Waals surface area contributed by atoms with Crippen molar-refractivity contribution >= 4 is 49.2 Å². The standard InChI is InChI=1S/C12H22N2O6P4/c13-5-2-1-3-6(8(5)14)16-12-11(20-24)10(19-23)9(18-22)7(17-12)4-15-21/h1-3,7,9-12H,4,13-14,21-24H2/t7-,9?,10+,11-,12-/m1/s1. The third-order valence-corrected chi connectivity index (χ3v) is 4.80. The predicted molar refractivity (Wildman–Crippen MR) is 104 cm³/mol. The predicted octanol–water partition coefficient (Wildman–Crippen LogP) is 1.29. The smallest absolute Gasteiger partial charge is 0.229 e. The number of nitrogen functional groups attached to an aromatic ring is 2. The van der Waals surface area contributed by atoms with Gasteiger partial charge in [0, 0.05) is 37.9 Å². The van der Waals surface area contributed by atoms with Gasteiger partial charge in [0.05, 0.1) is 18.0 Å². The minimum absolute atomic E-state index is 0.254. The zero-order valence-corrected chi connectivity index (χ0v) is 17.4. The summed E-state index contributed by atoms with van der Waals surface area (Å²) >= 11 is 0. The highest BCUT2D eigenvalue weighted by Gasteiger charge is 2.48. The third-order valence-electron chi connectivity index (χ3n) is 3.67. The molecule has 8 nitrogen and oxygen atoms in total. The summed E-state index contributed by atoms with van der Waals surface area (Å²) in [4.78, 5) is 0. The van der Waals surface area contributed by atoms with Crippen molar-refractivity contribution in [3.8, 4) is 5.75 Å². The first-order valence-electron chi connectivity index (χ1n) is 6.91. The monoisotopic (exact) mass is 414 g/mol. The maximum Gasteiger partial charge on any atom is 0.229 e. The molecular weight excluding hydrogens is 392 g/mol. The minimum atomic E-state index is -0.807. The summed E-state index contributed by atoms with van der Waals surface area (Å²) in [7, 11) is 8.77. The van der Waals surface area contributed by atoms with Crippen LogP contribution in [0.1, 0.15) is 0 Å². The summed E-state index contributed by atoms with van der Waals surface area (Å²) in [6, 6.07) is 5.12. The second kappa shape index (κ2) is 9.73. The van der Waals surface area contributed by atoms with Crippen molar-refractivity contribution < 1.29 is 27.6 Å². The van der Waals surface area contributed by atoms with Crippen molar-refractivity contribution in [1.82, 2.24) is 0 Å². The van der Waals surface area contributed by atoms with E-state index in [0.29, 0.717) is 17.1 Å². The molecule has 1 aromatic rings. The molecule has 0 aromatic heterocycles. The Morgan fingerprint density at radius 2 is 1.62 bits per heavy atom. The van der Waals surface area contributed by atoms with Gasteiger partial charge in [0.2, 0.25) is 6.29 Å². The molecule has 24 heavy (non-hydrogen) atoms. The van der Waals surface area contributed by atoms with Gasteiger partial charge < -0.3 is 39.0 Å². The van der Waals surface area contributed by atoms with Crippen molar-refractivity contribution in [3.05, 3.63) is 18.2 Å². The van der Waals surface area contributed by atoms with E-state index in [-0.39, 0.29) is 6.61 Å². The van der Waals surface area contributed by atoms with Gasteiger partial charge >= 0.3 is 0 Å². The second-order valence-electron chi connectivity index (χ2n) is 5.06. The molecule has 1 aromatic carbocycles. The second-order valence-corrected chi connectivity index (χ2v) is 6.21. The van der Waals surface area contributed by atoms with Crippen molar-refractivity contribution in [2.75, 3.05) is 18.1 Å². The fourth-order valence-corrected chi connectivity index (χ4v) is 3.57. The van der Waals surface area contributed by atoms with Crippen LogP contribution < -0.4 is 16.2 Å². The molecule has 12 heteroatoms. The van der Waals surface area contributed by atoms with Crippen LogP contribution in [0, 0.1) is 0 Å². The highest BCUT2D eigenvalue weighted by Crippen LogP contribution is 2.35. The number of benzene rings is 1. The highest BCUT2D eigenvalue weighted by atomic mass is 31.0. The van der Waals surface area contributed by atoms with Gasteiger partial charge in [0.15, 0.2) is 6.10 Å². The Morgan fingerprint density at radius 1 is 0.958 bits per heavy atom. The summed E-state index contributed by atoms with van der Waals surface area (Å²) < 4.78 is 33.2. The normalized spacial score (nSPS) is 30.2. The van der Waals surface area contributed by atoms with Crippen LogP contribution in [-0.4, -0.2) is 37.3 Å². The molecule has 1 aliphatic rings. The molecule has 0 radical (unpaired) electrons. The summed E-state index contributed by atoms with van der Waals surface area (Å²) in [5, 5.41) is 0. The first kappa shape index (κ1) is 20.5. The molecule has 1 fully saturated rings. The molecule has 0 amide bonds. The summed E-state index contributed by atoms with van der Waals surface area (Å²) in [6.45, 7) is 0.254. The molecule has 4 N–H and O–H groups in total. The molecule has 9 atom stereocenters. The summed E-state index contributed by atoms with van der Waals surface area (Å²) in [5.74, 6) is 0.394. The van der Waals surface area contributed by atoms with E-state index in [2.05, 4.69) is 37.9 Å². The minimum Gasteiger partial charge on any atom is -0.460 e. The van der Waals surface area contributed by atoms with Gasteiger partial charge in [0.25, 0.3) is 0 Å². The van der Waals surface area contributed by atoms with E-state index < -0.39 is 30.7 Å². The molecule has 5 unspecified atom stereocenters. The van der Waals surface area contributed by atoms with Crippen LogP contribution in [0.3, 0.4) is 0 Å². The van der Waals surface area contributed by atoms with Gasteiger partial charge in [0.1, 0.15) is 24.1 Å². The number of rotatable bonds is 7.